The molecule has 1 atom stereocenters. The summed E-state index contributed by atoms with van der Waals surface area (Å²) < 4.78 is 0.400. The Kier molecular flexibility index (Phi) is 7.19. The quantitative estimate of drug-likeness (QED) is 0.443. The number of rotatable bonds is 6. The Morgan fingerprint density at radius 2 is 2.29 bits per heavy atom. The zero-order valence-corrected chi connectivity index (χ0v) is 12.8. The van der Waals surface area contributed by atoms with E-state index in [1.165, 1.54) is 30.8 Å². The number of nitrogens with one attached hydrogen (secondary N) is 2. The first-order chi connectivity index (χ1) is 8.20. The highest BCUT2D eigenvalue weighted by Crippen LogP contribution is 2.36. The maximum atomic E-state index is 4.26. The minimum absolute atomic E-state index is 0.400. The summed E-state index contributed by atoms with van der Waals surface area (Å²) in [6, 6.07) is 0. The molecule has 2 N–H and O–H groups in total. The van der Waals surface area contributed by atoms with E-state index in [0.717, 1.165) is 19.0 Å². The number of guanidine groups is 1. The van der Waals surface area contributed by atoms with E-state index in [9.17, 15) is 0 Å². The first kappa shape index (κ1) is 15.0. The molecule has 3 nitrogen and oxygen atoms in total. The van der Waals surface area contributed by atoms with Crippen molar-refractivity contribution in [2.24, 2.45) is 4.99 Å². The Morgan fingerprint density at radius 1 is 1.47 bits per heavy atom. The van der Waals surface area contributed by atoms with Crippen LogP contribution in [0.5, 0.6) is 0 Å². The second-order valence-corrected chi connectivity index (χ2v) is 7.27. The summed E-state index contributed by atoms with van der Waals surface area (Å²) in [5, 5.41) is 6.80. The topological polar surface area (TPSA) is 36.4 Å². The number of hydrogen-bond acceptors (Lipinski definition) is 3. The van der Waals surface area contributed by atoms with E-state index < -0.39 is 0 Å². The molecule has 1 aliphatic heterocycles. The predicted molar refractivity (Wildman–Crippen MR) is 82.5 cm³/mol. The monoisotopic (exact) mass is 275 g/mol. The molecule has 1 rings (SSSR count). The van der Waals surface area contributed by atoms with Gasteiger partial charge < -0.3 is 10.6 Å². The molecule has 0 aromatic carbocycles. The fourth-order valence-corrected chi connectivity index (χ4v) is 3.57. The Hall–Kier alpha value is -0.0300. The summed E-state index contributed by atoms with van der Waals surface area (Å²) in [4.78, 5) is 4.26. The Balaban J connectivity index is 2.18. The van der Waals surface area contributed by atoms with Gasteiger partial charge in [0.15, 0.2) is 5.96 Å². The Bertz CT molecular complexity index is 238. The largest absolute Gasteiger partial charge is 0.356 e. The maximum absolute atomic E-state index is 4.26. The molecule has 0 aliphatic carbocycles. The molecule has 0 bridgehead atoms. The van der Waals surface area contributed by atoms with Gasteiger partial charge in [0.2, 0.25) is 0 Å². The summed E-state index contributed by atoms with van der Waals surface area (Å²) in [6.07, 6.45) is 6.00. The van der Waals surface area contributed by atoms with Crippen molar-refractivity contribution in [3.8, 4) is 0 Å². The molecule has 0 aromatic rings. The van der Waals surface area contributed by atoms with E-state index in [1.807, 2.05) is 18.8 Å². The molecule has 0 spiro atoms. The van der Waals surface area contributed by atoms with Crippen LogP contribution in [0.4, 0.5) is 0 Å². The van der Waals surface area contributed by atoms with E-state index in [0.29, 0.717) is 4.75 Å². The number of hydrogen-bond donors (Lipinski definition) is 2. The van der Waals surface area contributed by atoms with E-state index >= 15 is 0 Å². The highest BCUT2D eigenvalue weighted by molar-refractivity contribution is 8.00. The molecule has 1 aliphatic rings. The fraction of sp³-hybridized carbons (Fsp3) is 0.917. The Labute approximate surface area is 114 Å². The molecule has 1 unspecified atom stereocenters. The van der Waals surface area contributed by atoms with Crippen LogP contribution in [0.25, 0.3) is 0 Å². The lowest BCUT2D eigenvalue weighted by Gasteiger charge is -2.24. The third kappa shape index (κ3) is 5.91. The zero-order valence-electron chi connectivity index (χ0n) is 11.2. The molecule has 0 aromatic heterocycles. The third-order valence-electron chi connectivity index (χ3n) is 2.97. The first-order valence-corrected chi connectivity index (χ1v) is 8.65. The number of thioether (sulfide) groups is 2. The molecule has 0 amide bonds. The molecule has 100 valence electrons. The normalized spacial score (nSPS) is 25.0. The average molecular weight is 275 g/mol. The van der Waals surface area contributed by atoms with Gasteiger partial charge in [-0.3, -0.25) is 4.99 Å². The molecule has 5 heteroatoms. The molecule has 1 heterocycles. The fourth-order valence-electron chi connectivity index (χ4n) is 1.89. The van der Waals surface area contributed by atoms with Crippen molar-refractivity contribution in [2.45, 2.75) is 30.9 Å². The third-order valence-corrected chi connectivity index (χ3v) is 5.21. The van der Waals surface area contributed by atoms with Crippen molar-refractivity contribution in [1.82, 2.24) is 10.6 Å². The van der Waals surface area contributed by atoms with Crippen LogP contribution in [0.15, 0.2) is 4.99 Å². The van der Waals surface area contributed by atoms with Crippen LogP contribution in [0.1, 0.15) is 26.2 Å². The summed E-state index contributed by atoms with van der Waals surface area (Å²) in [6.45, 7) is 4.36. The maximum Gasteiger partial charge on any atom is 0.191 e. The van der Waals surface area contributed by atoms with Gasteiger partial charge in [-0.05, 0) is 43.9 Å². The molecular formula is C12H25N3S2. The minimum Gasteiger partial charge on any atom is -0.356 e. The second kappa shape index (κ2) is 8.14. The molecular weight excluding hydrogens is 250 g/mol. The van der Waals surface area contributed by atoms with Crippen LogP contribution in [0, 0.1) is 0 Å². The SMILES string of the molecule is CN=C(NCCCSC)NCC1(C)CCCS1. The van der Waals surface area contributed by atoms with Gasteiger partial charge in [-0.2, -0.15) is 23.5 Å². The van der Waals surface area contributed by atoms with Crippen molar-refractivity contribution >= 4 is 29.5 Å². The van der Waals surface area contributed by atoms with Gasteiger partial charge in [0.25, 0.3) is 0 Å². The lowest BCUT2D eigenvalue weighted by Crippen LogP contribution is -2.43. The minimum atomic E-state index is 0.400. The summed E-state index contributed by atoms with van der Waals surface area (Å²) in [7, 11) is 1.84. The molecule has 17 heavy (non-hydrogen) atoms. The van der Waals surface area contributed by atoms with Gasteiger partial charge in [0.1, 0.15) is 0 Å². The molecule has 1 saturated heterocycles. The lowest BCUT2D eigenvalue weighted by molar-refractivity contribution is 0.584. The van der Waals surface area contributed by atoms with Crippen molar-refractivity contribution in [2.75, 3.05) is 37.9 Å². The van der Waals surface area contributed by atoms with Crippen LogP contribution in [-0.4, -0.2) is 48.6 Å². The standard InChI is InChI=1S/C12H25N3S2/c1-12(6-4-9-17-12)10-15-11(13-2)14-7-5-8-16-3/h4-10H2,1-3H3,(H2,13,14,15). The molecule has 0 radical (unpaired) electrons. The van der Waals surface area contributed by atoms with E-state index in [4.69, 9.17) is 0 Å². The van der Waals surface area contributed by atoms with Gasteiger partial charge in [0, 0.05) is 24.9 Å². The summed E-state index contributed by atoms with van der Waals surface area (Å²) in [5.74, 6) is 3.45. The lowest BCUT2D eigenvalue weighted by atomic mass is 10.1. The average Bonchev–Trinajstić information content (AvgIpc) is 2.76. The zero-order chi connectivity index (χ0) is 12.6. The number of nitrogens with zero attached hydrogens (tertiary/aromatic N) is 1. The van der Waals surface area contributed by atoms with Crippen LogP contribution in [-0.2, 0) is 0 Å². The highest BCUT2D eigenvalue weighted by atomic mass is 32.2. The van der Waals surface area contributed by atoms with Gasteiger partial charge in [-0.15, -0.1) is 0 Å². The van der Waals surface area contributed by atoms with Crippen LogP contribution < -0.4 is 10.6 Å². The highest BCUT2D eigenvalue weighted by Gasteiger charge is 2.29. The van der Waals surface area contributed by atoms with Crippen LogP contribution in [0.2, 0.25) is 0 Å². The van der Waals surface area contributed by atoms with Crippen molar-refractivity contribution in [3.05, 3.63) is 0 Å². The number of aliphatic imine (C=N–C) groups is 1. The molecule has 0 saturated carbocycles. The van der Waals surface area contributed by atoms with Gasteiger partial charge >= 0.3 is 0 Å². The van der Waals surface area contributed by atoms with E-state index in [-0.39, 0.29) is 0 Å². The van der Waals surface area contributed by atoms with Crippen molar-refractivity contribution < 1.29 is 0 Å². The Morgan fingerprint density at radius 3 is 2.88 bits per heavy atom. The smallest absolute Gasteiger partial charge is 0.191 e. The van der Waals surface area contributed by atoms with E-state index in [1.54, 1.807) is 0 Å². The molecule has 1 fully saturated rings. The predicted octanol–water partition coefficient (Wildman–Crippen LogP) is 2.19. The van der Waals surface area contributed by atoms with Gasteiger partial charge in [0.05, 0.1) is 0 Å². The summed E-state index contributed by atoms with van der Waals surface area (Å²) >= 11 is 3.97. The second-order valence-electron chi connectivity index (χ2n) is 4.60. The van der Waals surface area contributed by atoms with Crippen molar-refractivity contribution in [1.29, 1.82) is 0 Å². The van der Waals surface area contributed by atoms with Crippen LogP contribution in [0.3, 0.4) is 0 Å². The van der Waals surface area contributed by atoms with Gasteiger partial charge in [-0.1, -0.05) is 0 Å². The van der Waals surface area contributed by atoms with Crippen molar-refractivity contribution in [3.63, 3.8) is 0 Å². The first-order valence-electron chi connectivity index (χ1n) is 6.27. The summed E-state index contributed by atoms with van der Waals surface area (Å²) in [5.41, 5.74) is 0. The van der Waals surface area contributed by atoms with E-state index in [2.05, 4.69) is 40.6 Å². The van der Waals surface area contributed by atoms with Crippen LogP contribution >= 0.6 is 23.5 Å². The van der Waals surface area contributed by atoms with Gasteiger partial charge in [-0.25, -0.2) is 0 Å².